The van der Waals surface area contributed by atoms with Gasteiger partial charge in [0.15, 0.2) is 0 Å². The first-order chi connectivity index (χ1) is 9.38. The van der Waals surface area contributed by atoms with Crippen molar-refractivity contribution >= 4 is 23.5 Å². The molecule has 1 aliphatic rings. The monoisotopic (exact) mass is 276 g/mol. The minimum atomic E-state index is -1.19. The predicted molar refractivity (Wildman–Crippen MR) is 72.5 cm³/mol. The number of hydrogen-bond donors (Lipinski definition) is 1. The molecule has 0 saturated carbocycles. The molecule has 106 valence electrons. The number of anilines is 1. The maximum absolute atomic E-state index is 11.9. The molecule has 1 aliphatic heterocycles. The van der Waals surface area contributed by atoms with E-state index in [0.717, 1.165) is 21.7 Å². The molecule has 0 atom stereocenters. The first kappa shape index (κ1) is 14.0. The highest BCUT2D eigenvalue weighted by Crippen LogP contribution is 2.23. The van der Waals surface area contributed by atoms with Crippen LogP contribution in [0.3, 0.4) is 0 Å². The van der Waals surface area contributed by atoms with Crippen molar-refractivity contribution in [2.24, 2.45) is 0 Å². The fourth-order valence-corrected chi connectivity index (χ4v) is 2.23. The largest absolute Gasteiger partial charge is 0.480 e. The number of amides is 2. The Kier molecular flexibility index (Phi) is 3.74. The summed E-state index contributed by atoms with van der Waals surface area (Å²) in [5.41, 5.74) is 2.85. The first-order valence-electron chi connectivity index (χ1n) is 6.25. The number of imide groups is 1. The number of carbonyl (C=O) groups is 3. The Hall–Kier alpha value is -2.37. The lowest BCUT2D eigenvalue weighted by atomic mass is 10.1. The Labute approximate surface area is 116 Å². The third-order valence-corrected chi connectivity index (χ3v) is 3.25. The van der Waals surface area contributed by atoms with E-state index in [1.54, 1.807) is 4.90 Å². The summed E-state index contributed by atoms with van der Waals surface area (Å²) in [7, 11) is 0. The molecule has 1 aromatic rings. The lowest BCUT2D eigenvalue weighted by Crippen LogP contribution is -2.55. The summed E-state index contributed by atoms with van der Waals surface area (Å²) >= 11 is 0. The molecule has 2 amide bonds. The van der Waals surface area contributed by atoms with Crippen LogP contribution in [0.15, 0.2) is 18.2 Å². The number of hydrogen-bond acceptors (Lipinski definition) is 4. The normalized spacial score (nSPS) is 15.7. The maximum atomic E-state index is 11.9. The van der Waals surface area contributed by atoms with Gasteiger partial charge in [-0.05, 0) is 31.0 Å². The summed E-state index contributed by atoms with van der Waals surface area (Å²) in [5.74, 6) is -2.15. The number of aryl methyl sites for hydroxylation is 2. The summed E-state index contributed by atoms with van der Waals surface area (Å²) in [5, 5.41) is 8.71. The standard InChI is InChI=1S/C14H16N2O4/c1-9-3-4-10(2)11(5-9)15-6-12(17)16(8-14(19)20)13(18)7-15/h3-5H,6-8H2,1-2H3,(H,19,20). The Morgan fingerprint density at radius 1 is 1.20 bits per heavy atom. The van der Waals surface area contributed by atoms with Gasteiger partial charge < -0.3 is 10.0 Å². The van der Waals surface area contributed by atoms with Crippen molar-refractivity contribution in [3.05, 3.63) is 29.3 Å². The molecule has 6 heteroatoms. The minimum Gasteiger partial charge on any atom is -0.480 e. The van der Waals surface area contributed by atoms with Gasteiger partial charge in [0, 0.05) is 5.69 Å². The highest BCUT2D eigenvalue weighted by atomic mass is 16.4. The van der Waals surface area contributed by atoms with E-state index < -0.39 is 24.3 Å². The van der Waals surface area contributed by atoms with E-state index in [-0.39, 0.29) is 13.1 Å². The molecule has 1 saturated heterocycles. The van der Waals surface area contributed by atoms with Crippen molar-refractivity contribution in [3.8, 4) is 0 Å². The molecule has 1 aromatic carbocycles. The molecule has 1 fully saturated rings. The second kappa shape index (κ2) is 5.32. The summed E-state index contributed by atoms with van der Waals surface area (Å²) in [6.45, 7) is 3.31. The number of carboxylic acid groups (broad SMARTS) is 1. The van der Waals surface area contributed by atoms with Crippen molar-refractivity contribution in [1.29, 1.82) is 0 Å². The first-order valence-corrected chi connectivity index (χ1v) is 6.25. The highest BCUT2D eigenvalue weighted by molar-refractivity contribution is 6.04. The number of rotatable bonds is 3. The fourth-order valence-electron chi connectivity index (χ4n) is 2.23. The SMILES string of the molecule is Cc1ccc(C)c(N2CC(=O)N(CC(=O)O)C(=O)C2)c1. The second-order valence-electron chi connectivity index (χ2n) is 4.91. The molecule has 0 aromatic heterocycles. The van der Waals surface area contributed by atoms with Crippen LogP contribution in [-0.4, -0.2) is 47.4 Å². The minimum absolute atomic E-state index is 0.0172. The molecule has 0 unspecified atom stereocenters. The molecule has 0 bridgehead atoms. The number of benzene rings is 1. The smallest absolute Gasteiger partial charge is 0.323 e. The average molecular weight is 276 g/mol. The topological polar surface area (TPSA) is 77.9 Å². The van der Waals surface area contributed by atoms with Crippen LogP contribution in [0.25, 0.3) is 0 Å². The van der Waals surface area contributed by atoms with Crippen molar-refractivity contribution in [2.45, 2.75) is 13.8 Å². The van der Waals surface area contributed by atoms with Gasteiger partial charge in [0.05, 0.1) is 13.1 Å². The van der Waals surface area contributed by atoms with Gasteiger partial charge in [-0.2, -0.15) is 0 Å². The Morgan fingerprint density at radius 3 is 2.35 bits per heavy atom. The molecule has 2 rings (SSSR count). The third-order valence-electron chi connectivity index (χ3n) is 3.25. The van der Waals surface area contributed by atoms with E-state index in [1.807, 2.05) is 32.0 Å². The predicted octanol–water partition coefficient (Wildman–Crippen LogP) is 0.563. The van der Waals surface area contributed by atoms with E-state index in [9.17, 15) is 14.4 Å². The van der Waals surface area contributed by atoms with Gasteiger partial charge in [-0.15, -0.1) is 0 Å². The van der Waals surface area contributed by atoms with Crippen LogP contribution < -0.4 is 4.90 Å². The molecule has 0 spiro atoms. The van der Waals surface area contributed by atoms with E-state index in [4.69, 9.17) is 5.11 Å². The van der Waals surface area contributed by atoms with Crippen LogP contribution in [0.1, 0.15) is 11.1 Å². The van der Waals surface area contributed by atoms with Crippen molar-refractivity contribution in [2.75, 3.05) is 24.5 Å². The van der Waals surface area contributed by atoms with Crippen LogP contribution in [-0.2, 0) is 14.4 Å². The zero-order valence-corrected chi connectivity index (χ0v) is 11.4. The van der Waals surface area contributed by atoms with Crippen LogP contribution in [0.5, 0.6) is 0 Å². The summed E-state index contributed by atoms with van der Waals surface area (Å²) in [4.78, 5) is 37.0. The van der Waals surface area contributed by atoms with Gasteiger partial charge in [-0.25, -0.2) is 0 Å². The summed E-state index contributed by atoms with van der Waals surface area (Å²) in [6.07, 6.45) is 0. The quantitative estimate of drug-likeness (QED) is 0.816. The average Bonchev–Trinajstić information content (AvgIpc) is 2.36. The van der Waals surface area contributed by atoms with Crippen molar-refractivity contribution in [3.63, 3.8) is 0 Å². The molecular weight excluding hydrogens is 260 g/mol. The van der Waals surface area contributed by atoms with Gasteiger partial charge in [0.2, 0.25) is 11.8 Å². The summed E-state index contributed by atoms with van der Waals surface area (Å²) in [6, 6.07) is 5.81. The molecule has 0 radical (unpaired) electrons. The molecule has 0 aliphatic carbocycles. The van der Waals surface area contributed by atoms with E-state index >= 15 is 0 Å². The molecule has 20 heavy (non-hydrogen) atoms. The second-order valence-corrected chi connectivity index (χ2v) is 4.91. The van der Waals surface area contributed by atoms with Gasteiger partial charge in [-0.1, -0.05) is 12.1 Å². The van der Waals surface area contributed by atoms with E-state index in [0.29, 0.717) is 0 Å². The van der Waals surface area contributed by atoms with Crippen molar-refractivity contribution < 1.29 is 19.5 Å². The Morgan fingerprint density at radius 2 is 1.80 bits per heavy atom. The molecule has 1 N–H and O–H groups in total. The lowest BCUT2D eigenvalue weighted by Gasteiger charge is -2.34. The van der Waals surface area contributed by atoms with Gasteiger partial charge in [0.25, 0.3) is 0 Å². The molecule has 1 heterocycles. The number of aliphatic carboxylic acids is 1. The van der Waals surface area contributed by atoms with Gasteiger partial charge in [0.1, 0.15) is 6.54 Å². The molecule has 6 nitrogen and oxygen atoms in total. The number of nitrogens with zero attached hydrogens (tertiary/aromatic N) is 2. The third kappa shape index (κ3) is 2.79. The zero-order valence-electron chi connectivity index (χ0n) is 11.4. The highest BCUT2D eigenvalue weighted by Gasteiger charge is 2.32. The Bertz CT molecular complexity index is 565. The fraction of sp³-hybridized carbons (Fsp3) is 0.357. The summed E-state index contributed by atoms with van der Waals surface area (Å²) < 4.78 is 0. The Balaban J connectivity index is 2.22. The zero-order chi connectivity index (χ0) is 14.9. The van der Waals surface area contributed by atoms with Crippen LogP contribution in [0, 0.1) is 13.8 Å². The lowest BCUT2D eigenvalue weighted by molar-refractivity contribution is -0.153. The van der Waals surface area contributed by atoms with Crippen LogP contribution in [0.2, 0.25) is 0 Å². The molecular formula is C14H16N2O4. The van der Waals surface area contributed by atoms with Gasteiger partial charge in [-0.3, -0.25) is 19.3 Å². The van der Waals surface area contributed by atoms with Crippen molar-refractivity contribution in [1.82, 2.24) is 4.90 Å². The van der Waals surface area contributed by atoms with Crippen LogP contribution >= 0.6 is 0 Å². The van der Waals surface area contributed by atoms with E-state index in [1.165, 1.54) is 0 Å². The van der Waals surface area contributed by atoms with Crippen LogP contribution in [0.4, 0.5) is 5.69 Å². The number of carbonyl (C=O) groups excluding carboxylic acids is 2. The van der Waals surface area contributed by atoms with Gasteiger partial charge >= 0.3 is 5.97 Å². The number of carboxylic acids is 1. The maximum Gasteiger partial charge on any atom is 0.323 e. The van der Waals surface area contributed by atoms with E-state index in [2.05, 4.69) is 0 Å². The number of piperazine rings is 1.